The van der Waals surface area contributed by atoms with E-state index < -0.39 is 0 Å². The number of nitrogens with zero attached hydrogens (tertiary/aromatic N) is 1. The topological polar surface area (TPSA) is 15.3 Å². The summed E-state index contributed by atoms with van der Waals surface area (Å²) in [5.41, 5.74) is 0.340. The fraction of sp³-hybridized carbons (Fsp3) is 0.529. The molecule has 1 saturated carbocycles. The first-order valence-electron chi connectivity index (χ1n) is 7.69. The van der Waals surface area contributed by atoms with E-state index >= 15 is 0 Å². The summed E-state index contributed by atoms with van der Waals surface area (Å²) in [5.74, 6) is 0. The Morgan fingerprint density at radius 2 is 1.67 bits per heavy atom. The molecular formula is C17H24N2S2. The third kappa shape index (κ3) is 3.24. The van der Waals surface area contributed by atoms with E-state index in [4.69, 9.17) is 0 Å². The second-order valence-electron chi connectivity index (χ2n) is 6.17. The fourth-order valence-corrected chi connectivity index (χ4v) is 5.07. The summed E-state index contributed by atoms with van der Waals surface area (Å²) in [6.07, 6.45) is 5.36. The van der Waals surface area contributed by atoms with Crippen molar-refractivity contribution in [3.05, 3.63) is 44.8 Å². The largest absolute Gasteiger partial charge is 0.303 e. The van der Waals surface area contributed by atoms with Crippen LogP contribution >= 0.6 is 22.7 Å². The van der Waals surface area contributed by atoms with Crippen molar-refractivity contribution in [1.82, 2.24) is 10.2 Å². The van der Waals surface area contributed by atoms with Gasteiger partial charge in [-0.1, -0.05) is 25.0 Å². The van der Waals surface area contributed by atoms with Crippen LogP contribution in [0.1, 0.15) is 41.5 Å². The van der Waals surface area contributed by atoms with Gasteiger partial charge in [0.05, 0.1) is 6.04 Å². The van der Waals surface area contributed by atoms with Gasteiger partial charge in [0.1, 0.15) is 0 Å². The Labute approximate surface area is 135 Å². The van der Waals surface area contributed by atoms with Crippen LogP contribution < -0.4 is 5.32 Å². The van der Waals surface area contributed by atoms with Gasteiger partial charge in [0.25, 0.3) is 0 Å². The number of rotatable bonds is 6. The van der Waals surface area contributed by atoms with Crippen molar-refractivity contribution in [2.45, 2.75) is 37.3 Å². The van der Waals surface area contributed by atoms with Gasteiger partial charge in [-0.3, -0.25) is 0 Å². The maximum absolute atomic E-state index is 3.87. The van der Waals surface area contributed by atoms with Crippen LogP contribution in [-0.4, -0.2) is 31.1 Å². The SMILES string of the molecule is CN(C)C1(CNC(c2cccs2)c2cccs2)CCCC1. The van der Waals surface area contributed by atoms with Crippen LogP contribution in [0.2, 0.25) is 0 Å². The second kappa shape index (κ2) is 6.61. The predicted octanol–water partition coefficient (Wildman–Crippen LogP) is 4.36. The van der Waals surface area contributed by atoms with Crippen LogP contribution in [0, 0.1) is 0 Å². The van der Waals surface area contributed by atoms with E-state index in [-0.39, 0.29) is 0 Å². The summed E-state index contributed by atoms with van der Waals surface area (Å²) in [6.45, 7) is 1.07. The van der Waals surface area contributed by atoms with Gasteiger partial charge in [-0.25, -0.2) is 0 Å². The zero-order chi connectivity index (χ0) is 14.7. The van der Waals surface area contributed by atoms with Crippen molar-refractivity contribution >= 4 is 22.7 Å². The van der Waals surface area contributed by atoms with E-state index in [2.05, 4.69) is 59.3 Å². The molecule has 0 radical (unpaired) electrons. The molecule has 114 valence electrons. The predicted molar refractivity (Wildman–Crippen MR) is 93.4 cm³/mol. The molecule has 21 heavy (non-hydrogen) atoms. The van der Waals surface area contributed by atoms with E-state index in [9.17, 15) is 0 Å². The van der Waals surface area contributed by atoms with Gasteiger partial charge < -0.3 is 10.2 Å². The van der Waals surface area contributed by atoms with Crippen LogP contribution in [-0.2, 0) is 0 Å². The minimum Gasteiger partial charge on any atom is -0.303 e. The first kappa shape index (κ1) is 15.2. The third-order valence-electron chi connectivity index (χ3n) is 4.77. The molecule has 2 heterocycles. The summed E-state index contributed by atoms with van der Waals surface area (Å²) in [7, 11) is 4.47. The highest BCUT2D eigenvalue weighted by Crippen LogP contribution is 2.35. The lowest BCUT2D eigenvalue weighted by Crippen LogP contribution is -2.50. The lowest BCUT2D eigenvalue weighted by molar-refractivity contribution is 0.151. The molecule has 2 nitrogen and oxygen atoms in total. The van der Waals surface area contributed by atoms with Crippen molar-refractivity contribution in [3.8, 4) is 0 Å². The Hall–Kier alpha value is -0.680. The Balaban J connectivity index is 1.76. The molecule has 1 N–H and O–H groups in total. The summed E-state index contributed by atoms with van der Waals surface area (Å²) in [6, 6.07) is 9.15. The average Bonchev–Trinajstić information content (AvgIpc) is 3.23. The standard InChI is InChI=1S/C17H24N2S2/c1-19(2)17(9-3-4-10-17)13-18-16(14-7-5-11-20-14)15-8-6-12-21-15/h5-8,11-12,16,18H,3-4,9-10,13H2,1-2H3. The molecule has 4 heteroatoms. The second-order valence-corrected chi connectivity index (χ2v) is 8.13. The fourth-order valence-electron chi connectivity index (χ4n) is 3.36. The van der Waals surface area contributed by atoms with Crippen molar-refractivity contribution in [3.63, 3.8) is 0 Å². The van der Waals surface area contributed by atoms with E-state index in [1.165, 1.54) is 35.4 Å². The molecule has 0 spiro atoms. The number of thiophene rings is 2. The molecule has 2 aromatic heterocycles. The molecule has 0 aliphatic heterocycles. The van der Waals surface area contributed by atoms with Gasteiger partial charge >= 0.3 is 0 Å². The molecule has 2 aromatic rings. The number of hydrogen-bond donors (Lipinski definition) is 1. The molecule has 0 saturated heterocycles. The summed E-state index contributed by atoms with van der Waals surface area (Å²) in [5, 5.41) is 8.22. The summed E-state index contributed by atoms with van der Waals surface area (Å²) < 4.78 is 0. The highest BCUT2D eigenvalue weighted by Gasteiger charge is 2.36. The van der Waals surface area contributed by atoms with Crippen LogP contribution in [0.15, 0.2) is 35.0 Å². The van der Waals surface area contributed by atoms with Gasteiger partial charge in [-0.05, 0) is 49.8 Å². The number of nitrogens with one attached hydrogen (secondary N) is 1. The van der Waals surface area contributed by atoms with Crippen LogP contribution in [0.3, 0.4) is 0 Å². The van der Waals surface area contributed by atoms with Crippen LogP contribution in [0.25, 0.3) is 0 Å². The van der Waals surface area contributed by atoms with E-state index in [1.807, 2.05) is 22.7 Å². The van der Waals surface area contributed by atoms with Crippen molar-refractivity contribution in [2.24, 2.45) is 0 Å². The minimum atomic E-state index is 0.340. The molecule has 0 amide bonds. The molecule has 0 atom stereocenters. The zero-order valence-electron chi connectivity index (χ0n) is 12.8. The van der Waals surface area contributed by atoms with Gasteiger partial charge in [0, 0.05) is 21.8 Å². The average molecular weight is 321 g/mol. The molecule has 3 rings (SSSR count). The van der Waals surface area contributed by atoms with Crippen LogP contribution in [0.5, 0.6) is 0 Å². The van der Waals surface area contributed by atoms with Crippen molar-refractivity contribution < 1.29 is 0 Å². The summed E-state index contributed by atoms with van der Waals surface area (Å²) in [4.78, 5) is 5.28. The lowest BCUT2D eigenvalue weighted by Gasteiger charge is -2.37. The quantitative estimate of drug-likeness (QED) is 0.850. The number of likely N-dealkylation sites (N-methyl/N-ethyl adjacent to an activating group) is 1. The van der Waals surface area contributed by atoms with Gasteiger partial charge in [0.15, 0.2) is 0 Å². The minimum absolute atomic E-state index is 0.340. The molecule has 1 aliphatic rings. The van der Waals surface area contributed by atoms with Crippen LogP contribution in [0.4, 0.5) is 0 Å². The first-order chi connectivity index (χ1) is 10.2. The molecule has 0 aromatic carbocycles. The van der Waals surface area contributed by atoms with Gasteiger partial charge in [-0.2, -0.15) is 0 Å². The maximum atomic E-state index is 3.87. The molecule has 1 fully saturated rings. The summed E-state index contributed by atoms with van der Waals surface area (Å²) >= 11 is 3.70. The highest BCUT2D eigenvalue weighted by molar-refractivity contribution is 7.11. The smallest absolute Gasteiger partial charge is 0.0765 e. The Kier molecular flexibility index (Phi) is 4.79. The van der Waals surface area contributed by atoms with Crippen molar-refractivity contribution in [2.75, 3.05) is 20.6 Å². The third-order valence-corrected chi connectivity index (χ3v) is 6.65. The molecule has 0 bridgehead atoms. The van der Waals surface area contributed by atoms with E-state index in [1.54, 1.807) is 0 Å². The van der Waals surface area contributed by atoms with Gasteiger partial charge in [-0.15, -0.1) is 22.7 Å². The Bertz CT molecular complexity index is 491. The normalized spacial score (nSPS) is 17.9. The zero-order valence-corrected chi connectivity index (χ0v) is 14.5. The van der Waals surface area contributed by atoms with Gasteiger partial charge in [0.2, 0.25) is 0 Å². The first-order valence-corrected chi connectivity index (χ1v) is 9.45. The van der Waals surface area contributed by atoms with E-state index in [0.29, 0.717) is 11.6 Å². The molecule has 0 unspecified atom stereocenters. The Morgan fingerprint density at radius 1 is 1.10 bits per heavy atom. The monoisotopic (exact) mass is 320 g/mol. The van der Waals surface area contributed by atoms with E-state index in [0.717, 1.165) is 6.54 Å². The maximum Gasteiger partial charge on any atom is 0.0765 e. The molecule has 1 aliphatic carbocycles. The Morgan fingerprint density at radius 3 is 2.10 bits per heavy atom. The number of hydrogen-bond acceptors (Lipinski definition) is 4. The highest BCUT2D eigenvalue weighted by atomic mass is 32.1. The molecular weight excluding hydrogens is 296 g/mol. The van der Waals surface area contributed by atoms with Crippen molar-refractivity contribution in [1.29, 1.82) is 0 Å². The lowest BCUT2D eigenvalue weighted by atomic mass is 9.95.